The maximum atomic E-state index is 12.0. The Labute approximate surface area is 106 Å². The molecule has 0 saturated carbocycles. The number of hydrogen-bond acceptors (Lipinski definition) is 2. The van der Waals surface area contributed by atoms with E-state index in [9.17, 15) is 4.79 Å². The normalized spacial score (nSPS) is 11.6. The standard InChI is InChI=1S/C14H18N2O2/c1-14(2,3)16-13(17)12-7-9-5-6-10(18-4)8-11(9)15-12/h5-8,15H,1-4H3,(H,16,17). The molecule has 1 aromatic carbocycles. The van der Waals surface area contributed by atoms with E-state index in [1.54, 1.807) is 7.11 Å². The van der Waals surface area contributed by atoms with Gasteiger partial charge in [-0.2, -0.15) is 0 Å². The predicted octanol–water partition coefficient (Wildman–Crippen LogP) is 2.70. The number of ether oxygens (including phenoxy) is 1. The SMILES string of the molecule is COc1ccc2cc(C(=O)NC(C)(C)C)[nH]c2c1. The van der Waals surface area contributed by atoms with E-state index in [1.165, 1.54) is 0 Å². The molecule has 0 bridgehead atoms. The summed E-state index contributed by atoms with van der Waals surface area (Å²) < 4.78 is 5.15. The van der Waals surface area contributed by atoms with E-state index >= 15 is 0 Å². The lowest BCUT2D eigenvalue weighted by atomic mass is 10.1. The van der Waals surface area contributed by atoms with Crippen molar-refractivity contribution < 1.29 is 9.53 Å². The summed E-state index contributed by atoms with van der Waals surface area (Å²) >= 11 is 0. The van der Waals surface area contributed by atoms with Crippen LogP contribution in [0, 0.1) is 0 Å². The molecule has 2 rings (SSSR count). The van der Waals surface area contributed by atoms with E-state index in [-0.39, 0.29) is 11.4 Å². The Hall–Kier alpha value is -1.97. The third-order valence-electron chi connectivity index (χ3n) is 2.56. The fraction of sp³-hybridized carbons (Fsp3) is 0.357. The van der Waals surface area contributed by atoms with Crippen LogP contribution in [-0.4, -0.2) is 23.5 Å². The molecule has 4 heteroatoms. The van der Waals surface area contributed by atoms with Gasteiger partial charge in [0, 0.05) is 22.5 Å². The van der Waals surface area contributed by atoms with Crippen LogP contribution < -0.4 is 10.1 Å². The highest BCUT2D eigenvalue weighted by Gasteiger charge is 2.16. The lowest BCUT2D eigenvalue weighted by molar-refractivity contribution is 0.0915. The minimum absolute atomic E-state index is 0.0994. The molecular weight excluding hydrogens is 228 g/mol. The molecule has 18 heavy (non-hydrogen) atoms. The van der Waals surface area contributed by atoms with Crippen molar-refractivity contribution in [1.82, 2.24) is 10.3 Å². The first kappa shape index (κ1) is 12.5. The monoisotopic (exact) mass is 246 g/mol. The van der Waals surface area contributed by atoms with Gasteiger partial charge < -0.3 is 15.0 Å². The van der Waals surface area contributed by atoms with Crippen LogP contribution in [0.3, 0.4) is 0 Å². The lowest BCUT2D eigenvalue weighted by Gasteiger charge is -2.19. The maximum Gasteiger partial charge on any atom is 0.268 e. The van der Waals surface area contributed by atoms with Crippen molar-refractivity contribution >= 4 is 16.8 Å². The molecule has 0 fully saturated rings. The number of methoxy groups -OCH3 is 1. The molecule has 2 aromatic rings. The first-order chi connectivity index (χ1) is 8.39. The van der Waals surface area contributed by atoms with Crippen molar-refractivity contribution in [2.75, 3.05) is 7.11 Å². The Balaban J connectivity index is 2.32. The van der Waals surface area contributed by atoms with E-state index in [4.69, 9.17) is 4.74 Å². The second kappa shape index (κ2) is 4.37. The van der Waals surface area contributed by atoms with Crippen LogP contribution in [0.25, 0.3) is 10.9 Å². The molecule has 0 aliphatic heterocycles. The summed E-state index contributed by atoms with van der Waals surface area (Å²) in [7, 11) is 1.62. The van der Waals surface area contributed by atoms with Gasteiger partial charge in [-0.1, -0.05) is 0 Å². The largest absolute Gasteiger partial charge is 0.497 e. The van der Waals surface area contributed by atoms with Crippen LogP contribution in [0.2, 0.25) is 0 Å². The molecule has 96 valence electrons. The average molecular weight is 246 g/mol. The summed E-state index contributed by atoms with van der Waals surface area (Å²) in [6.45, 7) is 5.86. The van der Waals surface area contributed by atoms with E-state index in [0.717, 1.165) is 16.7 Å². The molecule has 1 heterocycles. The first-order valence-corrected chi connectivity index (χ1v) is 5.88. The van der Waals surface area contributed by atoms with Crippen molar-refractivity contribution in [3.8, 4) is 5.75 Å². The number of nitrogens with one attached hydrogen (secondary N) is 2. The fourth-order valence-electron chi connectivity index (χ4n) is 1.76. The summed E-state index contributed by atoms with van der Waals surface area (Å²) in [5, 5.41) is 3.92. The Morgan fingerprint density at radius 2 is 2.00 bits per heavy atom. The van der Waals surface area contributed by atoms with Crippen molar-refractivity contribution in [1.29, 1.82) is 0 Å². The summed E-state index contributed by atoms with van der Waals surface area (Å²) in [4.78, 5) is 15.1. The van der Waals surface area contributed by atoms with Gasteiger partial charge in [0.05, 0.1) is 7.11 Å². The molecule has 2 N–H and O–H groups in total. The molecule has 0 radical (unpaired) electrons. The molecule has 0 spiro atoms. The Morgan fingerprint density at radius 3 is 2.61 bits per heavy atom. The minimum Gasteiger partial charge on any atom is -0.497 e. The number of amides is 1. The number of fused-ring (bicyclic) bond motifs is 1. The number of rotatable bonds is 2. The summed E-state index contributed by atoms with van der Waals surface area (Å²) in [5.74, 6) is 0.671. The quantitative estimate of drug-likeness (QED) is 0.856. The van der Waals surface area contributed by atoms with Gasteiger partial charge in [-0.15, -0.1) is 0 Å². The molecule has 4 nitrogen and oxygen atoms in total. The van der Waals surface area contributed by atoms with Crippen molar-refractivity contribution in [3.63, 3.8) is 0 Å². The van der Waals surface area contributed by atoms with Crippen LogP contribution >= 0.6 is 0 Å². The van der Waals surface area contributed by atoms with Gasteiger partial charge in [0.25, 0.3) is 5.91 Å². The van der Waals surface area contributed by atoms with E-state index < -0.39 is 0 Å². The van der Waals surface area contributed by atoms with Crippen LogP contribution in [0.1, 0.15) is 31.3 Å². The summed E-state index contributed by atoms with van der Waals surface area (Å²) in [5.41, 5.74) is 1.22. The summed E-state index contributed by atoms with van der Waals surface area (Å²) in [6.07, 6.45) is 0. The van der Waals surface area contributed by atoms with Gasteiger partial charge in [0.1, 0.15) is 11.4 Å². The molecule has 0 unspecified atom stereocenters. The number of benzene rings is 1. The zero-order valence-corrected chi connectivity index (χ0v) is 11.1. The predicted molar refractivity (Wildman–Crippen MR) is 72.1 cm³/mol. The fourth-order valence-corrected chi connectivity index (χ4v) is 1.76. The number of carbonyl (C=O) groups excluding carboxylic acids is 1. The highest BCUT2D eigenvalue weighted by Crippen LogP contribution is 2.21. The molecular formula is C14H18N2O2. The van der Waals surface area contributed by atoms with Crippen LogP contribution in [-0.2, 0) is 0 Å². The minimum atomic E-state index is -0.244. The third kappa shape index (κ3) is 2.64. The number of aromatic nitrogens is 1. The second-order valence-corrected chi connectivity index (χ2v) is 5.34. The number of H-pyrrole nitrogens is 1. The van der Waals surface area contributed by atoms with Gasteiger partial charge in [0.15, 0.2) is 0 Å². The van der Waals surface area contributed by atoms with E-state index in [2.05, 4.69) is 10.3 Å². The first-order valence-electron chi connectivity index (χ1n) is 5.88. The van der Waals surface area contributed by atoms with Crippen molar-refractivity contribution in [2.24, 2.45) is 0 Å². The second-order valence-electron chi connectivity index (χ2n) is 5.34. The van der Waals surface area contributed by atoms with Crippen LogP contribution in [0.15, 0.2) is 24.3 Å². The van der Waals surface area contributed by atoms with Gasteiger partial charge in [0.2, 0.25) is 0 Å². The highest BCUT2D eigenvalue weighted by molar-refractivity contribution is 5.98. The van der Waals surface area contributed by atoms with Crippen molar-refractivity contribution in [3.05, 3.63) is 30.0 Å². The van der Waals surface area contributed by atoms with Gasteiger partial charge >= 0.3 is 0 Å². The molecule has 0 aliphatic carbocycles. The van der Waals surface area contributed by atoms with Gasteiger partial charge in [-0.05, 0) is 39.0 Å². The zero-order valence-electron chi connectivity index (χ0n) is 11.1. The molecule has 1 aromatic heterocycles. The number of carbonyl (C=O) groups is 1. The van der Waals surface area contributed by atoms with Gasteiger partial charge in [-0.25, -0.2) is 0 Å². The number of hydrogen-bond donors (Lipinski definition) is 2. The Morgan fingerprint density at radius 1 is 1.28 bits per heavy atom. The average Bonchev–Trinajstić information content (AvgIpc) is 2.69. The molecule has 1 amide bonds. The topological polar surface area (TPSA) is 54.1 Å². The Bertz CT molecular complexity index is 579. The molecule has 0 atom stereocenters. The molecule has 0 saturated heterocycles. The Kier molecular flexibility index (Phi) is 3.03. The van der Waals surface area contributed by atoms with Crippen molar-refractivity contribution in [2.45, 2.75) is 26.3 Å². The van der Waals surface area contributed by atoms with Crippen LogP contribution in [0.5, 0.6) is 5.75 Å². The lowest BCUT2D eigenvalue weighted by Crippen LogP contribution is -2.40. The maximum absolute atomic E-state index is 12.0. The van der Waals surface area contributed by atoms with Gasteiger partial charge in [-0.3, -0.25) is 4.79 Å². The van der Waals surface area contributed by atoms with E-state index in [1.807, 2.05) is 45.0 Å². The highest BCUT2D eigenvalue weighted by atomic mass is 16.5. The third-order valence-corrected chi connectivity index (χ3v) is 2.56. The zero-order chi connectivity index (χ0) is 13.3. The summed E-state index contributed by atoms with van der Waals surface area (Å²) in [6, 6.07) is 7.53. The van der Waals surface area contributed by atoms with E-state index in [0.29, 0.717) is 5.69 Å². The number of aromatic amines is 1. The smallest absolute Gasteiger partial charge is 0.268 e. The molecule has 0 aliphatic rings. The van der Waals surface area contributed by atoms with Crippen LogP contribution in [0.4, 0.5) is 0 Å².